The Morgan fingerprint density at radius 1 is 0.723 bits per heavy atom. The number of aliphatic carboxylic acids is 3. The van der Waals surface area contributed by atoms with Crippen molar-refractivity contribution in [2.75, 3.05) is 12.3 Å². The van der Waals surface area contributed by atoms with Crippen molar-refractivity contribution in [2.45, 2.75) is 66.6 Å². The van der Waals surface area contributed by atoms with Gasteiger partial charge in [0.05, 0.1) is 4.91 Å². The molecule has 0 saturated heterocycles. The van der Waals surface area contributed by atoms with E-state index < -0.39 is 131 Å². The minimum atomic E-state index is -8.67. The zero-order valence-corrected chi connectivity index (χ0v) is 22.9. The fourth-order valence-electron chi connectivity index (χ4n) is 2.78. The molecule has 0 aromatic heterocycles. The van der Waals surface area contributed by atoms with Crippen LogP contribution in [-0.2, 0) is 24.0 Å². The van der Waals surface area contributed by atoms with E-state index in [4.69, 9.17) is 21.1 Å². The van der Waals surface area contributed by atoms with Gasteiger partial charge >= 0.3 is 59.6 Å². The van der Waals surface area contributed by atoms with Crippen molar-refractivity contribution in [3.8, 4) is 0 Å². The molecule has 272 valence electrons. The molecule has 27 heteroatoms. The summed E-state index contributed by atoms with van der Waals surface area (Å²) in [4.78, 5) is 53.5. The van der Waals surface area contributed by atoms with Crippen molar-refractivity contribution in [1.29, 1.82) is 0 Å². The van der Waals surface area contributed by atoms with Gasteiger partial charge in [0.1, 0.15) is 18.6 Å². The number of hydrogen-bond acceptors (Lipinski definition) is 7. The van der Waals surface area contributed by atoms with Crippen molar-refractivity contribution < 1.29 is 105 Å². The summed E-state index contributed by atoms with van der Waals surface area (Å²) in [5, 5.41) is 29.0. The van der Waals surface area contributed by atoms with Gasteiger partial charge in [0.2, 0.25) is 11.8 Å². The number of allylic oxidation sites excluding steroid dienone is 1. The molecule has 0 aliphatic rings. The average molecular weight is 745 g/mol. The molecule has 47 heavy (non-hydrogen) atoms. The Morgan fingerprint density at radius 3 is 1.57 bits per heavy atom. The van der Waals surface area contributed by atoms with Crippen molar-refractivity contribution in [1.82, 2.24) is 10.6 Å². The second-order valence-corrected chi connectivity index (χ2v) is 9.88. The van der Waals surface area contributed by atoms with E-state index >= 15 is 0 Å². The number of halogens is 15. The normalized spacial score (nSPS) is 15.4. The molecule has 0 unspecified atom stereocenters. The molecule has 0 aromatic rings. The van der Waals surface area contributed by atoms with E-state index in [9.17, 15) is 89.8 Å². The largest absolute Gasteiger partial charge is 0.480 e. The highest BCUT2D eigenvalue weighted by Gasteiger charge is 2.93. The van der Waals surface area contributed by atoms with E-state index in [1.54, 1.807) is 5.32 Å². The Labute approximate surface area is 253 Å². The van der Waals surface area contributed by atoms with Crippen molar-refractivity contribution in [3.63, 3.8) is 0 Å². The van der Waals surface area contributed by atoms with E-state index in [1.165, 1.54) is 5.32 Å². The number of nitrogens with one attached hydrogen (secondary N) is 2. The van der Waals surface area contributed by atoms with Gasteiger partial charge < -0.3 is 31.7 Å². The maximum absolute atomic E-state index is 14.7. The zero-order chi connectivity index (χ0) is 37.8. The molecule has 0 rings (SSSR count). The summed E-state index contributed by atoms with van der Waals surface area (Å²) < 4.78 is 204. The first-order valence-corrected chi connectivity index (χ1v) is 12.4. The lowest BCUT2D eigenvalue weighted by Crippen LogP contribution is -2.72. The number of amides is 2. The maximum atomic E-state index is 14.7. The van der Waals surface area contributed by atoms with Gasteiger partial charge in [-0.25, -0.2) is 4.79 Å². The Bertz CT molecular complexity index is 1240. The predicted octanol–water partition coefficient (Wildman–Crippen LogP) is 2.94. The first-order valence-electron chi connectivity index (χ1n) is 11.4. The van der Waals surface area contributed by atoms with E-state index in [0.717, 1.165) is 0 Å². The van der Waals surface area contributed by atoms with Crippen LogP contribution in [0.15, 0.2) is 11.0 Å². The predicted molar refractivity (Wildman–Crippen MR) is 121 cm³/mol. The van der Waals surface area contributed by atoms with Crippen molar-refractivity contribution in [3.05, 3.63) is 11.0 Å². The van der Waals surface area contributed by atoms with Gasteiger partial charge in [0, 0.05) is 18.2 Å². The minimum absolute atomic E-state index is 0.729. The number of nitrogens with two attached hydrogens (primary N) is 1. The second kappa shape index (κ2) is 14.6. The highest BCUT2D eigenvalue weighted by Crippen LogP contribution is 2.63. The summed E-state index contributed by atoms with van der Waals surface area (Å²) in [7, 11) is 0. The molecule has 2 atom stereocenters. The third kappa shape index (κ3) is 9.04. The summed E-state index contributed by atoms with van der Waals surface area (Å²) >= 11 is -1.22. The summed E-state index contributed by atoms with van der Waals surface area (Å²) in [5.41, 5.74) is 5.10. The van der Waals surface area contributed by atoms with Crippen LogP contribution in [0.5, 0.6) is 0 Å². The number of carboxylic acids is 3. The van der Waals surface area contributed by atoms with Crippen LogP contribution < -0.4 is 16.4 Å². The van der Waals surface area contributed by atoms with Gasteiger partial charge in [-0.05, 0) is 6.42 Å². The number of carbonyl (C=O) groups excluding carboxylic acids is 2. The number of alkyl halides is 15. The maximum Gasteiger partial charge on any atom is 0.460 e. The molecule has 0 radical (unpaired) electrons. The van der Waals surface area contributed by atoms with Gasteiger partial charge in [-0.15, -0.1) is 11.8 Å². The zero-order valence-electron chi connectivity index (χ0n) is 22.1. The number of hydrogen-bond donors (Lipinski definition) is 6. The minimum Gasteiger partial charge on any atom is -0.480 e. The first-order chi connectivity index (χ1) is 20.7. The molecular formula is C20H18F15N3O8S. The fourth-order valence-corrected chi connectivity index (χ4v) is 3.85. The monoisotopic (exact) mass is 745 g/mol. The Kier molecular flexibility index (Phi) is 13.5. The lowest BCUT2D eigenvalue weighted by Gasteiger charge is -2.41. The van der Waals surface area contributed by atoms with Gasteiger partial charge in [0.15, 0.2) is 0 Å². The van der Waals surface area contributed by atoms with Gasteiger partial charge in [-0.3, -0.25) is 19.2 Å². The molecule has 0 aromatic carbocycles. The molecule has 2 amide bonds. The molecule has 0 spiro atoms. The third-order valence-corrected chi connectivity index (χ3v) is 6.55. The molecule has 0 fully saturated rings. The molecule has 0 aliphatic carbocycles. The second-order valence-electron chi connectivity index (χ2n) is 8.82. The third-order valence-electron chi connectivity index (χ3n) is 5.36. The standard InChI is InChI=1S/C20H18F15N3O8S/c21-14(22,15(23,24)16(25,26)17(27,28)18(29,30)19(31,32)20(33,34)35)8(3-10(40)41)47-5-7(12(44)37-4-11(42)43)38-9(39)2-1-6(36)13(45)46/h3,6-7H,1-2,4-5,36H2,(H,37,44)(H,38,39)(H,40,41)(H,42,43)(H,45,46)/b8-3+/t6-,7-/m0/s1. The van der Waals surface area contributed by atoms with Gasteiger partial charge in [-0.2, -0.15) is 65.9 Å². The lowest BCUT2D eigenvalue weighted by molar-refractivity contribution is -0.449. The van der Waals surface area contributed by atoms with Gasteiger partial charge in [0.25, 0.3) is 0 Å². The van der Waals surface area contributed by atoms with Crippen LogP contribution >= 0.6 is 11.8 Å². The van der Waals surface area contributed by atoms with Crippen molar-refractivity contribution in [2.24, 2.45) is 5.73 Å². The van der Waals surface area contributed by atoms with Crippen LogP contribution in [0.2, 0.25) is 0 Å². The van der Waals surface area contributed by atoms with Crippen LogP contribution in [0.1, 0.15) is 12.8 Å². The Hall–Kier alpha value is -3.65. The highest BCUT2D eigenvalue weighted by atomic mass is 32.2. The van der Waals surface area contributed by atoms with E-state index in [0.29, 0.717) is 0 Å². The molecule has 0 bridgehead atoms. The average Bonchev–Trinajstić information content (AvgIpc) is 2.89. The molecule has 0 aliphatic heterocycles. The summed E-state index contributed by atoms with van der Waals surface area (Å²) in [5.74, 6) is -60.7. The summed E-state index contributed by atoms with van der Waals surface area (Å²) in [6, 6.07) is -4.24. The Balaban J connectivity index is 6.76. The van der Waals surface area contributed by atoms with E-state index in [1.807, 2.05) is 0 Å². The van der Waals surface area contributed by atoms with Crippen molar-refractivity contribution >= 4 is 41.5 Å². The molecule has 0 heterocycles. The summed E-state index contributed by atoms with van der Waals surface area (Å²) in [6.45, 7) is -1.34. The van der Waals surface area contributed by atoms with Crippen LogP contribution in [0, 0.1) is 0 Å². The Morgan fingerprint density at radius 2 is 1.17 bits per heavy atom. The summed E-state index contributed by atoms with van der Waals surface area (Å²) in [6.07, 6.45) is -10.7. The number of carboxylic acid groups (broad SMARTS) is 3. The molecule has 0 saturated carbocycles. The number of thioether (sulfide) groups is 1. The van der Waals surface area contributed by atoms with Crippen LogP contribution in [0.25, 0.3) is 0 Å². The fraction of sp³-hybridized carbons (Fsp3) is 0.650. The number of rotatable bonds is 18. The SMILES string of the molecule is N[C@@H](CCC(=O)N[C@@H](CS/C(=C/C(=O)O)C(F)(F)C(F)(F)C(F)(F)C(F)(F)C(F)(F)C(F)(F)C(F)(F)F)C(=O)NCC(=O)O)C(=O)O. The van der Waals surface area contributed by atoms with Crippen LogP contribution in [0.4, 0.5) is 65.9 Å². The van der Waals surface area contributed by atoms with E-state index in [-0.39, 0.29) is 0 Å². The van der Waals surface area contributed by atoms with Crippen LogP contribution in [-0.4, -0.2) is 111 Å². The molecular weight excluding hydrogens is 727 g/mol. The van der Waals surface area contributed by atoms with Crippen LogP contribution in [0.3, 0.4) is 0 Å². The van der Waals surface area contributed by atoms with E-state index in [2.05, 4.69) is 0 Å². The molecule has 11 nitrogen and oxygen atoms in total. The lowest BCUT2D eigenvalue weighted by atomic mass is 9.91. The quantitative estimate of drug-likeness (QED) is 0.0897. The number of carbonyl (C=O) groups is 5. The highest BCUT2D eigenvalue weighted by molar-refractivity contribution is 8.03. The molecule has 7 N–H and O–H groups in total. The first kappa shape index (κ1) is 43.4. The topological polar surface area (TPSA) is 196 Å². The van der Waals surface area contributed by atoms with Gasteiger partial charge in [-0.1, -0.05) is 0 Å². The smallest absolute Gasteiger partial charge is 0.460 e.